The van der Waals surface area contributed by atoms with Crippen molar-refractivity contribution in [2.75, 3.05) is 38.8 Å². The van der Waals surface area contributed by atoms with E-state index in [9.17, 15) is 4.79 Å². The summed E-state index contributed by atoms with van der Waals surface area (Å²) < 4.78 is 11.0. The Morgan fingerprint density at radius 3 is 2.71 bits per heavy atom. The molecule has 116 valence electrons. The third-order valence-corrected chi connectivity index (χ3v) is 4.22. The fraction of sp³-hybridized carbons (Fsp3) is 0.562. The third-order valence-electron chi connectivity index (χ3n) is 3.68. The number of ether oxygens (including phenoxy) is 2. The van der Waals surface area contributed by atoms with Gasteiger partial charge in [-0.05, 0) is 43.4 Å². The number of carbonyl (C=O) groups excluding carboxylic acids is 1. The zero-order valence-electron chi connectivity index (χ0n) is 12.7. The van der Waals surface area contributed by atoms with Gasteiger partial charge in [0, 0.05) is 19.0 Å². The van der Waals surface area contributed by atoms with Gasteiger partial charge in [-0.25, -0.2) is 0 Å². The van der Waals surface area contributed by atoms with E-state index in [-0.39, 0.29) is 5.91 Å². The highest BCUT2D eigenvalue weighted by atomic mass is 32.2. The normalized spacial score (nSPS) is 18.4. The van der Waals surface area contributed by atoms with Crippen LogP contribution in [0, 0.1) is 5.92 Å². The van der Waals surface area contributed by atoms with Gasteiger partial charge in [-0.15, -0.1) is 0 Å². The molecule has 0 aromatic heterocycles. The lowest BCUT2D eigenvalue weighted by atomic mass is 9.99. The maximum absolute atomic E-state index is 11.9. The zero-order valence-corrected chi connectivity index (χ0v) is 13.5. The molecule has 0 bridgehead atoms. The van der Waals surface area contributed by atoms with Crippen molar-refractivity contribution in [3.8, 4) is 11.5 Å². The SMILES string of the molecule is COc1ccc(OCC2CCCN(C(=O)CSC)C2)cc1. The van der Waals surface area contributed by atoms with E-state index in [0.717, 1.165) is 37.4 Å². The Labute approximate surface area is 130 Å². The van der Waals surface area contributed by atoms with Crippen LogP contribution in [-0.2, 0) is 4.79 Å². The van der Waals surface area contributed by atoms with Crippen LogP contribution in [0.5, 0.6) is 11.5 Å². The van der Waals surface area contributed by atoms with Crippen molar-refractivity contribution in [2.45, 2.75) is 12.8 Å². The number of rotatable bonds is 6. The van der Waals surface area contributed by atoms with Gasteiger partial charge in [0.2, 0.25) is 5.91 Å². The number of hydrogen-bond acceptors (Lipinski definition) is 4. The predicted octanol–water partition coefficient (Wildman–Crippen LogP) is 2.68. The Morgan fingerprint density at radius 1 is 1.33 bits per heavy atom. The van der Waals surface area contributed by atoms with E-state index in [0.29, 0.717) is 18.3 Å². The van der Waals surface area contributed by atoms with Gasteiger partial charge < -0.3 is 14.4 Å². The molecule has 1 atom stereocenters. The van der Waals surface area contributed by atoms with E-state index in [1.54, 1.807) is 18.9 Å². The largest absolute Gasteiger partial charge is 0.497 e. The molecule has 2 rings (SSSR count). The summed E-state index contributed by atoms with van der Waals surface area (Å²) >= 11 is 1.58. The summed E-state index contributed by atoms with van der Waals surface area (Å²) in [7, 11) is 1.65. The smallest absolute Gasteiger partial charge is 0.232 e. The molecule has 1 amide bonds. The van der Waals surface area contributed by atoms with Crippen molar-refractivity contribution in [1.82, 2.24) is 4.90 Å². The first-order valence-corrected chi connectivity index (χ1v) is 8.66. The van der Waals surface area contributed by atoms with Crippen molar-refractivity contribution in [1.29, 1.82) is 0 Å². The van der Waals surface area contributed by atoms with Crippen LogP contribution in [0.1, 0.15) is 12.8 Å². The van der Waals surface area contributed by atoms with Gasteiger partial charge in [0.15, 0.2) is 0 Å². The molecule has 1 fully saturated rings. The minimum Gasteiger partial charge on any atom is -0.497 e. The summed E-state index contributed by atoms with van der Waals surface area (Å²) in [6.07, 6.45) is 4.15. The summed E-state index contributed by atoms with van der Waals surface area (Å²) in [5, 5.41) is 0. The van der Waals surface area contributed by atoms with Crippen molar-refractivity contribution in [3.05, 3.63) is 24.3 Å². The Bertz CT molecular complexity index is 449. The number of hydrogen-bond donors (Lipinski definition) is 0. The van der Waals surface area contributed by atoms with E-state index in [1.807, 2.05) is 35.4 Å². The van der Waals surface area contributed by atoms with Crippen LogP contribution in [0.3, 0.4) is 0 Å². The standard InChI is InChI=1S/C16H23NO3S/c1-19-14-5-7-15(8-6-14)20-11-13-4-3-9-17(10-13)16(18)12-21-2/h5-8,13H,3-4,9-12H2,1-2H3. The van der Waals surface area contributed by atoms with Crippen LogP contribution < -0.4 is 9.47 Å². The van der Waals surface area contributed by atoms with Gasteiger partial charge >= 0.3 is 0 Å². The van der Waals surface area contributed by atoms with Crippen LogP contribution in [-0.4, -0.2) is 49.6 Å². The van der Waals surface area contributed by atoms with Crippen molar-refractivity contribution in [2.24, 2.45) is 5.92 Å². The molecule has 1 unspecified atom stereocenters. The number of piperidine rings is 1. The van der Waals surface area contributed by atoms with Gasteiger partial charge in [-0.1, -0.05) is 0 Å². The first-order chi connectivity index (χ1) is 10.2. The van der Waals surface area contributed by atoms with Gasteiger partial charge in [-0.3, -0.25) is 4.79 Å². The Kier molecular flexibility index (Phi) is 6.23. The van der Waals surface area contributed by atoms with E-state index >= 15 is 0 Å². The second-order valence-corrected chi connectivity index (χ2v) is 6.13. The highest BCUT2D eigenvalue weighted by Gasteiger charge is 2.23. The molecule has 4 nitrogen and oxygen atoms in total. The number of thioether (sulfide) groups is 1. The van der Waals surface area contributed by atoms with Gasteiger partial charge in [0.1, 0.15) is 11.5 Å². The van der Waals surface area contributed by atoms with Crippen LogP contribution in [0.2, 0.25) is 0 Å². The molecule has 1 aliphatic heterocycles. The van der Waals surface area contributed by atoms with Gasteiger partial charge in [-0.2, -0.15) is 11.8 Å². The number of likely N-dealkylation sites (tertiary alicyclic amines) is 1. The molecule has 1 aliphatic rings. The fourth-order valence-electron chi connectivity index (χ4n) is 2.53. The zero-order chi connectivity index (χ0) is 15.1. The number of amides is 1. The maximum atomic E-state index is 11.9. The minimum atomic E-state index is 0.247. The second-order valence-electron chi connectivity index (χ2n) is 5.27. The minimum absolute atomic E-state index is 0.247. The molecule has 1 aromatic carbocycles. The summed E-state index contributed by atoms with van der Waals surface area (Å²) in [4.78, 5) is 13.9. The lowest BCUT2D eigenvalue weighted by Crippen LogP contribution is -2.42. The average molecular weight is 309 g/mol. The summed E-state index contributed by atoms with van der Waals surface area (Å²) in [6, 6.07) is 7.62. The first-order valence-electron chi connectivity index (χ1n) is 7.26. The molecule has 1 saturated heterocycles. The Balaban J connectivity index is 1.80. The summed E-state index contributed by atoms with van der Waals surface area (Å²) in [5.41, 5.74) is 0. The summed E-state index contributed by atoms with van der Waals surface area (Å²) in [6.45, 7) is 2.36. The number of nitrogens with zero attached hydrogens (tertiary/aromatic N) is 1. The van der Waals surface area contributed by atoms with E-state index in [4.69, 9.17) is 9.47 Å². The van der Waals surface area contributed by atoms with Crippen LogP contribution in [0.15, 0.2) is 24.3 Å². The topological polar surface area (TPSA) is 38.8 Å². The monoisotopic (exact) mass is 309 g/mol. The van der Waals surface area contributed by atoms with Crippen molar-refractivity contribution < 1.29 is 14.3 Å². The molecular formula is C16H23NO3S. The molecule has 0 N–H and O–H groups in total. The quantitative estimate of drug-likeness (QED) is 0.810. The van der Waals surface area contributed by atoms with Gasteiger partial charge in [0.25, 0.3) is 0 Å². The lowest BCUT2D eigenvalue weighted by Gasteiger charge is -2.32. The van der Waals surface area contributed by atoms with E-state index < -0.39 is 0 Å². The molecule has 0 spiro atoms. The maximum Gasteiger partial charge on any atom is 0.232 e. The first kappa shape index (κ1) is 16.0. The van der Waals surface area contributed by atoms with Crippen molar-refractivity contribution in [3.63, 3.8) is 0 Å². The number of benzene rings is 1. The molecule has 1 aromatic rings. The van der Waals surface area contributed by atoms with E-state index in [2.05, 4.69) is 0 Å². The highest BCUT2D eigenvalue weighted by Crippen LogP contribution is 2.21. The van der Waals surface area contributed by atoms with E-state index in [1.165, 1.54) is 0 Å². The lowest BCUT2D eigenvalue weighted by molar-refractivity contribution is -0.130. The molecule has 21 heavy (non-hydrogen) atoms. The third kappa shape index (κ3) is 4.84. The molecule has 0 aliphatic carbocycles. The molecule has 1 heterocycles. The van der Waals surface area contributed by atoms with Gasteiger partial charge in [0.05, 0.1) is 19.5 Å². The Morgan fingerprint density at radius 2 is 2.05 bits per heavy atom. The number of carbonyl (C=O) groups is 1. The second kappa shape index (κ2) is 8.17. The molecular weight excluding hydrogens is 286 g/mol. The predicted molar refractivity (Wildman–Crippen MR) is 86.2 cm³/mol. The van der Waals surface area contributed by atoms with Crippen molar-refractivity contribution >= 4 is 17.7 Å². The summed E-state index contributed by atoms with van der Waals surface area (Å²) in [5.74, 6) is 2.92. The number of methoxy groups -OCH3 is 1. The average Bonchev–Trinajstić information content (AvgIpc) is 2.54. The van der Waals surface area contributed by atoms with Crippen LogP contribution in [0.4, 0.5) is 0 Å². The van der Waals surface area contributed by atoms with Crippen LogP contribution >= 0.6 is 11.8 Å². The highest BCUT2D eigenvalue weighted by molar-refractivity contribution is 7.99. The molecule has 5 heteroatoms. The fourth-order valence-corrected chi connectivity index (χ4v) is 2.96. The molecule has 0 radical (unpaired) electrons. The Hall–Kier alpha value is -1.36. The molecule has 0 saturated carbocycles. The van der Waals surface area contributed by atoms with Crippen LogP contribution in [0.25, 0.3) is 0 Å².